The van der Waals surface area contributed by atoms with Gasteiger partial charge in [0.15, 0.2) is 0 Å². The number of aryl methyl sites for hydroxylation is 2. The lowest BCUT2D eigenvalue weighted by Gasteiger charge is -2.05. The van der Waals surface area contributed by atoms with E-state index in [1.807, 2.05) is 6.92 Å². The molecule has 2 rings (SSSR count). The van der Waals surface area contributed by atoms with Crippen molar-refractivity contribution in [3.05, 3.63) is 51.5 Å². The predicted octanol–water partition coefficient (Wildman–Crippen LogP) is 2.98. The van der Waals surface area contributed by atoms with E-state index in [0.29, 0.717) is 16.6 Å². The minimum absolute atomic E-state index is 0.264. The molecule has 106 valence electrons. The van der Waals surface area contributed by atoms with E-state index in [2.05, 4.69) is 31.4 Å². The number of carbonyl (C=O) groups excluding carboxylic acids is 1. The van der Waals surface area contributed by atoms with Crippen molar-refractivity contribution in [2.45, 2.75) is 19.8 Å². The van der Waals surface area contributed by atoms with Gasteiger partial charge in [-0.05, 0) is 59.5 Å². The molecule has 0 aliphatic rings. The Morgan fingerprint density at radius 2 is 2.30 bits per heavy atom. The highest BCUT2D eigenvalue weighted by Crippen LogP contribution is 2.16. The maximum atomic E-state index is 13.3. The summed E-state index contributed by atoms with van der Waals surface area (Å²) >= 11 is 3.06. The van der Waals surface area contributed by atoms with Gasteiger partial charge >= 0.3 is 0 Å². The number of amides is 1. The molecule has 0 bridgehead atoms. The van der Waals surface area contributed by atoms with E-state index in [4.69, 9.17) is 0 Å². The van der Waals surface area contributed by atoms with Crippen LogP contribution in [-0.4, -0.2) is 22.6 Å². The van der Waals surface area contributed by atoms with E-state index >= 15 is 0 Å². The number of hydrogen-bond acceptors (Lipinski definition) is 2. The smallest absolute Gasteiger partial charge is 0.251 e. The molecule has 20 heavy (non-hydrogen) atoms. The van der Waals surface area contributed by atoms with Crippen LogP contribution in [0, 0.1) is 12.7 Å². The Morgan fingerprint density at radius 3 is 2.95 bits per heavy atom. The van der Waals surface area contributed by atoms with Crippen LogP contribution >= 0.6 is 15.9 Å². The van der Waals surface area contributed by atoms with E-state index in [-0.39, 0.29) is 5.91 Å². The molecule has 1 heterocycles. The molecular weight excluding hydrogens is 325 g/mol. The number of nitrogens with one attached hydrogen (secondary N) is 2. The molecule has 0 aliphatic heterocycles. The van der Waals surface area contributed by atoms with Gasteiger partial charge in [-0.25, -0.2) is 4.39 Å². The third kappa shape index (κ3) is 3.66. The quantitative estimate of drug-likeness (QED) is 0.822. The van der Waals surface area contributed by atoms with Crippen LogP contribution in [0.2, 0.25) is 0 Å². The molecular formula is C14H15BrFN3O. The van der Waals surface area contributed by atoms with Crippen LogP contribution in [0.15, 0.2) is 28.9 Å². The maximum Gasteiger partial charge on any atom is 0.251 e. The summed E-state index contributed by atoms with van der Waals surface area (Å²) in [6.45, 7) is 2.51. The second-order valence-electron chi connectivity index (χ2n) is 4.51. The highest BCUT2D eigenvalue weighted by atomic mass is 79.9. The van der Waals surface area contributed by atoms with Crippen LogP contribution in [0.3, 0.4) is 0 Å². The monoisotopic (exact) mass is 339 g/mol. The average Bonchev–Trinajstić information content (AvgIpc) is 2.83. The average molecular weight is 340 g/mol. The molecule has 0 unspecified atom stereocenters. The highest BCUT2D eigenvalue weighted by Gasteiger charge is 2.08. The van der Waals surface area contributed by atoms with Gasteiger partial charge in [0.25, 0.3) is 5.91 Å². The highest BCUT2D eigenvalue weighted by molar-refractivity contribution is 9.10. The predicted molar refractivity (Wildman–Crippen MR) is 78.1 cm³/mol. The molecule has 1 amide bonds. The molecule has 0 atom stereocenters. The van der Waals surface area contributed by atoms with Gasteiger partial charge in [0.05, 0.1) is 10.7 Å². The van der Waals surface area contributed by atoms with Gasteiger partial charge in [-0.2, -0.15) is 5.10 Å². The van der Waals surface area contributed by atoms with Crippen LogP contribution in [0.4, 0.5) is 4.39 Å². The molecule has 0 spiro atoms. The number of halogens is 2. The third-order valence-electron chi connectivity index (χ3n) is 3.02. The van der Waals surface area contributed by atoms with Gasteiger partial charge in [-0.1, -0.05) is 0 Å². The van der Waals surface area contributed by atoms with Gasteiger partial charge in [-0.15, -0.1) is 0 Å². The fraction of sp³-hybridized carbons (Fsp3) is 0.286. The fourth-order valence-corrected chi connectivity index (χ4v) is 2.09. The van der Waals surface area contributed by atoms with Crippen LogP contribution < -0.4 is 5.32 Å². The minimum Gasteiger partial charge on any atom is -0.352 e. The first-order valence-electron chi connectivity index (χ1n) is 6.30. The number of rotatable bonds is 5. The largest absolute Gasteiger partial charge is 0.352 e. The summed E-state index contributed by atoms with van der Waals surface area (Å²) in [6.07, 6.45) is 3.45. The van der Waals surface area contributed by atoms with Gasteiger partial charge in [-0.3, -0.25) is 9.89 Å². The zero-order valence-corrected chi connectivity index (χ0v) is 12.6. The van der Waals surface area contributed by atoms with Crippen molar-refractivity contribution in [2.24, 2.45) is 0 Å². The van der Waals surface area contributed by atoms with Crippen molar-refractivity contribution >= 4 is 21.8 Å². The van der Waals surface area contributed by atoms with Crippen molar-refractivity contribution < 1.29 is 9.18 Å². The number of hydrogen-bond donors (Lipinski definition) is 2. The molecule has 1 aromatic heterocycles. The molecule has 0 fully saturated rings. The Labute approximate surface area is 124 Å². The number of aromatic amines is 1. The van der Waals surface area contributed by atoms with E-state index in [9.17, 15) is 9.18 Å². The van der Waals surface area contributed by atoms with Gasteiger partial charge in [0, 0.05) is 17.8 Å². The summed E-state index contributed by atoms with van der Waals surface area (Å²) in [5.74, 6) is -0.702. The zero-order chi connectivity index (χ0) is 14.5. The number of carbonyl (C=O) groups is 1. The van der Waals surface area contributed by atoms with Crippen molar-refractivity contribution in [3.8, 4) is 0 Å². The van der Waals surface area contributed by atoms with Crippen molar-refractivity contribution in [1.29, 1.82) is 0 Å². The third-order valence-corrected chi connectivity index (χ3v) is 3.67. The molecule has 4 nitrogen and oxygen atoms in total. The maximum absolute atomic E-state index is 13.3. The lowest BCUT2D eigenvalue weighted by molar-refractivity contribution is 0.0952. The minimum atomic E-state index is -0.438. The summed E-state index contributed by atoms with van der Waals surface area (Å²) in [5.41, 5.74) is 2.52. The van der Waals surface area contributed by atoms with E-state index in [1.165, 1.54) is 12.1 Å². The van der Waals surface area contributed by atoms with Gasteiger partial charge in [0.2, 0.25) is 0 Å². The number of nitrogens with zero attached hydrogens (tertiary/aromatic N) is 1. The lowest BCUT2D eigenvalue weighted by atomic mass is 10.1. The molecule has 2 N–H and O–H groups in total. The van der Waals surface area contributed by atoms with Crippen LogP contribution in [-0.2, 0) is 6.42 Å². The number of benzene rings is 1. The molecule has 0 saturated heterocycles. The van der Waals surface area contributed by atoms with E-state index < -0.39 is 5.82 Å². The Bertz CT molecular complexity index is 612. The Balaban J connectivity index is 1.80. The van der Waals surface area contributed by atoms with Gasteiger partial charge in [0.1, 0.15) is 5.82 Å². The first-order valence-corrected chi connectivity index (χ1v) is 7.09. The second kappa shape index (κ2) is 6.65. The summed E-state index contributed by atoms with van der Waals surface area (Å²) < 4.78 is 13.7. The molecule has 1 aromatic carbocycles. The van der Waals surface area contributed by atoms with Crippen LogP contribution in [0.25, 0.3) is 0 Å². The van der Waals surface area contributed by atoms with Crippen molar-refractivity contribution in [3.63, 3.8) is 0 Å². The van der Waals surface area contributed by atoms with E-state index in [1.54, 1.807) is 12.3 Å². The Morgan fingerprint density at radius 1 is 1.50 bits per heavy atom. The fourth-order valence-electron chi connectivity index (χ4n) is 1.85. The summed E-state index contributed by atoms with van der Waals surface area (Å²) in [7, 11) is 0. The first kappa shape index (κ1) is 14.7. The van der Waals surface area contributed by atoms with Gasteiger partial charge < -0.3 is 5.32 Å². The van der Waals surface area contributed by atoms with Crippen LogP contribution in [0.5, 0.6) is 0 Å². The summed E-state index contributed by atoms with van der Waals surface area (Å²) in [6, 6.07) is 4.33. The van der Waals surface area contributed by atoms with Crippen molar-refractivity contribution in [1.82, 2.24) is 15.5 Å². The molecule has 2 aromatic rings. The second-order valence-corrected chi connectivity index (χ2v) is 5.36. The Kier molecular flexibility index (Phi) is 4.89. The Hall–Kier alpha value is -1.69. The number of aromatic nitrogens is 2. The lowest BCUT2D eigenvalue weighted by Crippen LogP contribution is -2.24. The van der Waals surface area contributed by atoms with Crippen LogP contribution in [0.1, 0.15) is 28.0 Å². The zero-order valence-electron chi connectivity index (χ0n) is 11.0. The SMILES string of the molecule is Cc1[nH]ncc1CCCNC(=O)c1ccc(Br)c(F)c1. The summed E-state index contributed by atoms with van der Waals surface area (Å²) in [4.78, 5) is 11.8. The van der Waals surface area contributed by atoms with E-state index in [0.717, 1.165) is 24.1 Å². The summed E-state index contributed by atoms with van der Waals surface area (Å²) in [5, 5.41) is 9.59. The topological polar surface area (TPSA) is 57.8 Å². The molecule has 6 heteroatoms. The molecule has 0 saturated carbocycles. The molecule has 0 aliphatic carbocycles. The first-order chi connectivity index (χ1) is 9.58. The standard InChI is InChI=1S/C14H15BrFN3O/c1-9-11(8-18-19-9)3-2-6-17-14(20)10-4-5-12(15)13(16)7-10/h4-5,7-8H,2-3,6H2,1H3,(H,17,20)(H,18,19). The molecule has 0 radical (unpaired) electrons. The number of H-pyrrole nitrogens is 1. The van der Waals surface area contributed by atoms with Crippen molar-refractivity contribution in [2.75, 3.05) is 6.54 Å². The normalized spacial score (nSPS) is 10.6.